The number of hydrogen-bond acceptors (Lipinski definition) is 7. The van der Waals surface area contributed by atoms with Crippen molar-refractivity contribution >= 4 is 17.8 Å². The van der Waals surface area contributed by atoms with Gasteiger partial charge in [-0.2, -0.15) is 0 Å². The van der Waals surface area contributed by atoms with Crippen LogP contribution in [0.15, 0.2) is 54.6 Å². The monoisotopic (exact) mass is 707 g/mol. The Labute approximate surface area is 306 Å². The number of rotatable bonds is 15. The third kappa shape index (κ3) is 8.05. The van der Waals surface area contributed by atoms with Crippen LogP contribution >= 0.6 is 0 Å². The summed E-state index contributed by atoms with van der Waals surface area (Å²) < 4.78 is 17.2. The van der Waals surface area contributed by atoms with Gasteiger partial charge in [0.15, 0.2) is 0 Å². The number of hydrogen-bond donors (Lipinski definition) is 2. The van der Waals surface area contributed by atoms with Crippen LogP contribution in [-0.2, 0) is 32.9 Å². The Bertz CT molecular complexity index is 1850. The van der Waals surface area contributed by atoms with E-state index >= 15 is 4.79 Å². The number of nitrogens with zero attached hydrogens (tertiary/aromatic N) is 2. The van der Waals surface area contributed by atoms with Crippen molar-refractivity contribution in [3.8, 4) is 29.1 Å². The van der Waals surface area contributed by atoms with E-state index in [9.17, 15) is 14.7 Å². The first-order chi connectivity index (χ1) is 25.0. The average Bonchev–Trinajstić information content (AvgIpc) is 3.97. The zero-order valence-electron chi connectivity index (χ0n) is 30.8. The summed E-state index contributed by atoms with van der Waals surface area (Å²) in [5.74, 6) is 7.36. The SMILES string of the molecule is COc1cc(CN(C(=O)C2N(C(=O)CCCC(=O)O)C[C@@H]3C#CC[C@]2(c2ccc(CCOc4cc(C)cc(C)c4C)cc2)N3)C2CC2)cc(OC)c1. The van der Waals surface area contributed by atoms with Crippen LogP contribution in [0.25, 0.3) is 0 Å². The highest BCUT2D eigenvalue weighted by molar-refractivity contribution is 5.90. The van der Waals surface area contributed by atoms with Gasteiger partial charge in [-0.15, -0.1) is 0 Å². The Morgan fingerprint density at radius 2 is 1.67 bits per heavy atom. The number of carbonyl (C=O) groups excluding carboxylic acids is 2. The molecule has 6 rings (SSSR count). The van der Waals surface area contributed by atoms with Crippen LogP contribution < -0.4 is 19.5 Å². The second-order valence-electron chi connectivity index (χ2n) is 14.3. The molecule has 0 aromatic heterocycles. The number of carboxylic acid groups (broad SMARTS) is 1. The Morgan fingerprint density at radius 3 is 2.33 bits per heavy atom. The van der Waals surface area contributed by atoms with E-state index in [-0.39, 0.29) is 49.7 Å². The van der Waals surface area contributed by atoms with Crippen LogP contribution in [0.5, 0.6) is 17.2 Å². The lowest BCUT2D eigenvalue weighted by molar-refractivity contribution is -0.155. The highest BCUT2D eigenvalue weighted by Crippen LogP contribution is 2.41. The number of aliphatic carboxylic acids is 1. The normalized spacial score (nSPS) is 20.4. The molecule has 2 bridgehead atoms. The van der Waals surface area contributed by atoms with Crippen molar-refractivity contribution in [1.29, 1.82) is 0 Å². The van der Waals surface area contributed by atoms with Gasteiger partial charge in [-0.25, -0.2) is 0 Å². The Morgan fingerprint density at radius 1 is 0.962 bits per heavy atom. The van der Waals surface area contributed by atoms with E-state index in [0.29, 0.717) is 37.5 Å². The molecule has 2 heterocycles. The molecule has 1 saturated heterocycles. The molecule has 2 N–H and O–H groups in total. The number of nitrogens with one attached hydrogen (secondary N) is 1. The molecule has 1 unspecified atom stereocenters. The van der Waals surface area contributed by atoms with Crippen molar-refractivity contribution in [2.75, 3.05) is 27.4 Å². The second kappa shape index (κ2) is 15.7. The smallest absolute Gasteiger partial charge is 0.303 e. The van der Waals surface area contributed by atoms with Gasteiger partial charge in [0, 0.05) is 50.9 Å². The molecule has 3 aliphatic rings. The minimum Gasteiger partial charge on any atom is -0.497 e. The van der Waals surface area contributed by atoms with Crippen LogP contribution in [0.3, 0.4) is 0 Å². The van der Waals surface area contributed by atoms with Crippen LogP contribution in [0.4, 0.5) is 0 Å². The Kier molecular flexibility index (Phi) is 11.1. The first-order valence-electron chi connectivity index (χ1n) is 18.1. The van der Waals surface area contributed by atoms with Gasteiger partial charge in [-0.05, 0) is 91.6 Å². The summed E-state index contributed by atoms with van der Waals surface area (Å²) >= 11 is 0. The number of amides is 2. The van der Waals surface area contributed by atoms with E-state index in [1.54, 1.807) is 25.2 Å². The number of methoxy groups -OCH3 is 2. The van der Waals surface area contributed by atoms with Crippen LogP contribution in [0.2, 0.25) is 0 Å². The van der Waals surface area contributed by atoms with E-state index < -0.39 is 17.6 Å². The van der Waals surface area contributed by atoms with Crippen molar-refractivity contribution in [3.63, 3.8) is 0 Å². The maximum absolute atomic E-state index is 15.2. The standard InChI is InChI=1S/C42H49N3O7/c1-27-20-28(2)29(3)37(21-27)52-19-17-30-11-13-32(14-12-30)42-18-7-8-33(43-42)26-45(38(46)9-6-10-39(47)48)40(42)41(49)44(34-15-16-34)25-31-22-35(50-4)24-36(23-31)51-5/h11-14,20-24,33-34,40,43H,6,9-10,15-19,25-26H2,1-5H3,(H,47,48)/t33-,40?,42+/m0/s1. The molecule has 3 aromatic rings. The van der Waals surface area contributed by atoms with E-state index in [0.717, 1.165) is 46.4 Å². The zero-order chi connectivity index (χ0) is 37.0. The topological polar surface area (TPSA) is 118 Å². The summed E-state index contributed by atoms with van der Waals surface area (Å²) in [5, 5.41) is 13.0. The number of carbonyl (C=O) groups is 3. The summed E-state index contributed by atoms with van der Waals surface area (Å²) in [6, 6.07) is 16.8. The Balaban J connectivity index is 1.31. The largest absolute Gasteiger partial charge is 0.497 e. The molecule has 2 aliphatic heterocycles. The number of benzene rings is 3. The zero-order valence-corrected chi connectivity index (χ0v) is 30.8. The van der Waals surface area contributed by atoms with Crippen molar-refractivity contribution in [2.24, 2.45) is 0 Å². The summed E-state index contributed by atoms with van der Waals surface area (Å²) in [6.07, 6.45) is 2.87. The molecule has 2 amide bonds. The molecule has 10 nitrogen and oxygen atoms in total. The van der Waals surface area contributed by atoms with Crippen LogP contribution in [0, 0.1) is 32.6 Å². The number of aryl methyl sites for hydroxylation is 2. The second-order valence-corrected chi connectivity index (χ2v) is 14.3. The van der Waals surface area contributed by atoms with Crippen LogP contribution in [0.1, 0.15) is 71.9 Å². The van der Waals surface area contributed by atoms with Crippen molar-refractivity contribution in [1.82, 2.24) is 15.1 Å². The molecular formula is C42H49N3O7. The fraction of sp³-hybridized carbons (Fsp3) is 0.452. The predicted molar refractivity (Wildman–Crippen MR) is 197 cm³/mol. The highest BCUT2D eigenvalue weighted by atomic mass is 16.5. The van der Waals surface area contributed by atoms with E-state index in [1.165, 1.54) is 5.56 Å². The summed E-state index contributed by atoms with van der Waals surface area (Å²) in [7, 11) is 3.19. The number of carboxylic acids is 1. The molecule has 10 heteroatoms. The van der Waals surface area contributed by atoms with Crippen molar-refractivity contribution in [2.45, 2.75) is 95.9 Å². The first-order valence-corrected chi connectivity index (χ1v) is 18.1. The van der Waals surface area contributed by atoms with Gasteiger partial charge in [0.05, 0.1) is 32.4 Å². The van der Waals surface area contributed by atoms with Crippen molar-refractivity contribution < 1.29 is 33.7 Å². The maximum Gasteiger partial charge on any atom is 0.303 e. The van der Waals surface area contributed by atoms with Gasteiger partial charge in [0.25, 0.3) is 0 Å². The molecule has 52 heavy (non-hydrogen) atoms. The molecule has 274 valence electrons. The van der Waals surface area contributed by atoms with Crippen molar-refractivity contribution in [3.05, 3.63) is 88.0 Å². The van der Waals surface area contributed by atoms with Gasteiger partial charge < -0.3 is 29.1 Å². The third-order valence-electron chi connectivity index (χ3n) is 10.5. The van der Waals surface area contributed by atoms with Gasteiger partial charge in [-0.3, -0.25) is 19.7 Å². The quantitative estimate of drug-likeness (QED) is 0.200. The van der Waals surface area contributed by atoms with E-state index in [2.05, 4.69) is 62.2 Å². The molecule has 0 radical (unpaired) electrons. The van der Waals surface area contributed by atoms with Crippen LogP contribution in [-0.4, -0.2) is 78.2 Å². The van der Waals surface area contributed by atoms with E-state index in [4.69, 9.17) is 14.2 Å². The lowest BCUT2D eigenvalue weighted by Gasteiger charge is -2.53. The molecule has 3 atom stereocenters. The molecule has 3 aromatic carbocycles. The maximum atomic E-state index is 15.2. The first kappa shape index (κ1) is 36.8. The Hall–Kier alpha value is -5.01. The number of fused-ring (bicyclic) bond motifs is 2. The lowest BCUT2D eigenvalue weighted by atomic mass is 9.73. The molecule has 1 saturated carbocycles. The fourth-order valence-electron chi connectivity index (χ4n) is 7.50. The molecule has 0 spiro atoms. The van der Waals surface area contributed by atoms with E-state index in [1.807, 2.05) is 29.2 Å². The summed E-state index contributed by atoms with van der Waals surface area (Å²) in [6.45, 7) is 7.31. The highest BCUT2D eigenvalue weighted by Gasteiger charge is 2.56. The molecular weight excluding hydrogens is 658 g/mol. The van der Waals surface area contributed by atoms with Gasteiger partial charge in [-0.1, -0.05) is 42.2 Å². The predicted octanol–water partition coefficient (Wildman–Crippen LogP) is 5.47. The number of ether oxygens (including phenoxy) is 3. The van der Waals surface area contributed by atoms with Gasteiger partial charge in [0.1, 0.15) is 23.3 Å². The van der Waals surface area contributed by atoms with Gasteiger partial charge >= 0.3 is 5.97 Å². The average molecular weight is 708 g/mol. The summed E-state index contributed by atoms with van der Waals surface area (Å²) in [4.78, 5) is 44.1. The lowest BCUT2D eigenvalue weighted by Crippen LogP contribution is -2.73. The fourth-order valence-corrected chi connectivity index (χ4v) is 7.50. The number of piperazine rings is 1. The molecule has 1 aliphatic carbocycles. The minimum atomic E-state index is -0.974. The minimum absolute atomic E-state index is 0.0290. The molecule has 2 fully saturated rings. The summed E-state index contributed by atoms with van der Waals surface area (Å²) in [5.41, 5.74) is 5.36. The van der Waals surface area contributed by atoms with Gasteiger partial charge in [0.2, 0.25) is 11.8 Å². The third-order valence-corrected chi connectivity index (χ3v) is 10.5.